The molecule has 1 aliphatic rings. The lowest BCUT2D eigenvalue weighted by Crippen LogP contribution is -2.30. The highest BCUT2D eigenvalue weighted by Gasteiger charge is 2.34. The van der Waals surface area contributed by atoms with E-state index in [1.807, 2.05) is 66.0 Å². The lowest BCUT2D eigenvalue weighted by atomic mass is 9.99. The van der Waals surface area contributed by atoms with Crippen LogP contribution in [0, 0.1) is 31.0 Å². The SMILES string of the molecule is Cc1cc(C(NC(=O)c2cc(Cn3ccn(C)c3=N)cc(-n3ccnc3C)c2)C2CC2)ccc1F. The summed E-state index contributed by atoms with van der Waals surface area (Å²) in [4.78, 5) is 17.9. The van der Waals surface area contributed by atoms with Gasteiger partial charge >= 0.3 is 0 Å². The number of carbonyl (C=O) groups excluding carboxylic acids is 1. The molecule has 1 unspecified atom stereocenters. The molecule has 0 aliphatic heterocycles. The number of rotatable bonds is 7. The fourth-order valence-electron chi connectivity index (χ4n) is 4.52. The van der Waals surface area contributed by atoms with E-state index in [1.165, 1.54) is 6.07 Å². The van der Waals surface area contributed by atoms with Crippen LogP contribution in [0.15, 0.2) is 61.2 Å². The Morgan fingerprint density at radius 2 is 1.97 bits per heavy atom. The molecule has 2 aromatic carbocycles. The zero-order valence-corrected chi connectivity index (χ0v) is 20.1. The molecule has 1 amide bonds. The second kappa shape index (κ2) is 9.02. The third kappa shape index (κ3) is 4.69. The van der Waals surface area contributed by atoms with Crippen LogP contribution in [-0.2, 0) is 13.6 Å². The largest absolute Gasteiger partial charge is 0.345 e. The van der Waals surface area contributed by atoms with E-state index >= 15 is 0 Å². The first-order valence-electron chi connectivity index (χ1n) is 11.8. The van der Waals surface area contributed by atoms with Crippen molar-refractivity contribution in [3.05, 3.63) is 101 Å². The van der Waals surface area contributed by atoms with Gasteiger partial charge in [-0.2, -0.15) is 0 Å². The number of aryl methyl sites for hydroxylation is 3. The van der Waals surface area contributed by atoms with Crippen LogP contribution >= 0.6 is 0 Å². The topological polar surface area (TPSA) is 80.6 Å². The van der Waals surface area contributed by atoms with Crippen LogP contribution in [0.2, 0.25) is 0 Å². The molecule has 7 nitrogen and oxygen atoms in total. The first-order valence-corrected chi connectivity index (χ1v) is 11.8. The monoisotopic (exact) mass is 472 g/mol. The number of imidazole rings is 2. The molecule has 0 bridgehead atoms. The first kappa shape index (κ1) is 22.8. The average Bonchev–Trinajstić information content (AvgIpc) is 3.52. The van der Waals surface area contributed by atoms with Crippen LogP contribution in [0.1, 0.15) is 51.8 Å². The Balaban J connectivity index is 1.50. The Bertz CT molecular complexity index is 1460. The van der Waals surface area contributed by atoms with Crippen molar-refractivity contribution in [3.63, 3.8) is 0 Å². The van der Waals surface area contributed by atoms with E-state index in [1.54, 1.807) is 23.8 Å². The average molecular weight is 473 g/mol. The Morgan fingerprint density at radius 1 is 1.17 bits per heavy atom. The number of hydrogen-bond donors (Lipinski definition) is 2. The van der Waals surface area contributed by atoms with Crippen molar-refractivity contribution >= 4 is 5.91 Å². The summed E-state index contributed by atoms with van der Waals surface area (Å²) in [5.74, 6) is 0.761. The summed E-state index contributed by atoms with van der Waals surface area (Å²) in [6.45, 7) is 4.13. The maximum absolute atomic E-state index is 13.9. The first-order chi connectivity index (χ1) is 16.8. The predicted molar refractivity (Wildman–Crippen MR) is 131 cm³/mol. The molecular weight excluding hydrogens is 443 g/mol. The van der Waals surface area contributed by atoms with Gasteiger partial charge in [0, 0.05) is 43.1 Å². The van der Waals surface area contributed by atoms with Gasteiger partial charge in [0.15, 0.2) is 0 Å². The molecule has 0 spiro atoms. The second-order valence-electron chi connectivity index (χ2n) is 9.39. The minimum atomic E-state index is -0.241. The van der Waals surface area contributed by atoms with Crippen molar-refractivity contribution < 1.29 is 9.18 Å². The normalized spacial score (nSPS) is 14.2. The van der Waals surface area contributed by atoms with Crippen LogP contribution < -0.4 is 10.9 Å². The molecule has 1 fully saturated rings. The summed E-state index contributed by atoms with van der Waals surface area (Å²) >= 11 is 0. The summed E-state index contributed by atoms with van der Waals surface area (Å²) < 4.78 is 19.4. The molecule has 1 saturated carbocycles. The summed E-state index contributed by atoms with van der Waals surface area (Å²) in [7, 11) is 1.83. The van der Waals surface area contributed by atoms with Crippen LogP contribution in [0.25, 0.3) is 5.69 Å². The van der Waals surface area contributed by atoms with Crippen molar-refractivity contribution in [1.82, 2.24) is 24.0 Å². The summed E-state index contributed by atoms with van der Waals surface area (Å²) in [5, 5.41) is 11.5. The lowest BCUT2D eigenvalue weighted by Gasteiger charge is -2.20. The van der Waals surface area contributed by atoms with Gasteiger partial charge in [0.05, 0.1) is 12.6 Å². The van der Waals surface area contributed by atoms with Gasteiger partial charge in [-0.3, -0.25) is 10.2 Å². The number of carbonyl (C=O) groups is 1. The minimum Gasteiger partial charge on any atom is -0.345 e. The van der Waals surface area contributed by atoms with Gasteiger partial charge in [-0.15, -0.1) is 0 Å². The van der Waals surface area contributed by atoms with E-state index in [0.29, 0.717) is 29.2 Å². The molecule has 4 aromatic rings. The molecule has 35 heavy (non-hydrogen) atoms. The number of nitrogens with zero attached hydrogens (tertiary/aromatic N) is 4. The third-order valence-electron chi connectivity index (χ3n) is 6.69. The van der Waals surface area contributed by atoms with Crippen molar-refractivity contribution in [2.75, 3.05) is 0 Å². The molecule has 2 heterocycles. The number of benzene rings is 2. The molecule has 2 N–H and O–H groups in total. The van der Waals surface area contributed by atoms with E-state index in [2.05, 4.69) is 10.3 Å². The maximum Gasteiger partial charge on any atom is 0.251 e. The number of aromatic nitrogens is 4. The number of halogens is 1. The van der Waals surface area contributed by atoms with Gasteiger partial charge in [0.2, 0.25) is 5.62 Å². The third-order valence-corrected chi connectivity index (χ3v) is 6.69. The summed E-state index contributed by atoms with van der Waals surface area (Å²) in [5.41, 5.74) is 4.17. The molecule has 2 aromatic heterocycles. The highest BCUT2D eigenvalue weighted by atomic mass is 19.1. The standard InChI is InChI=1S/C27H29FN6O/c1-17-12-21(6-7-24(17)28)25(20-4-5-20)31-26(35)22-13-19(16-33-11-10-32(3)27(33)29)14-23(15-22)34-9-8-30-18(34)2/h6-15,20,25,29H,4-5,16H2,1-3H3,(H,31,35). The zero-order chi connectivity index (χ0) is 24.7. The molecule has 1 aliphatic carbocycles. The summed E-state index contributed by atoms with van der Waals surface area (Å²) in [6, 6.07) is 10.7. The predicted octanol–water partition coefficient (Wildman–Crippen LogP) is 4.18. The molecular formula is C27H29FN6O. The highest BCUT2D eigenvalue weighted by Crippen LogP contribution is 2.41. The van der Waals surface area contributed by atoms with Gasteiger partial charge in [0.25, 0.3) is 5.91 Å². The van der Waals surface area contributed by atoms with Gasteiger partial charge in [-0.1, -0.05) is 12.1 Å². The van der Waals surface area contributed by atoms with Crippen LogP contribution in [-0.4, -0.2) is 24.6 Å². The van der Waals surface area contributed by atoms with Gasteiger partial charge in [0.1, 0.15) is 11.6 Å². The molecule has 1 atom stereocenters. The fourth-order valence-corrected chi connectivity index (χ4v) is 4.52. The van der Waals surface area contributed by atoms with E-state index in [4.69, 9.17) is 5.41 Å². The van der Waals surface area contributed by atoms with Crippen molar-refractivity contribution in [2.45, 2.75) is 39.3 Å². The van der Waals surface area contributed by atoms with Crippen LogP contribution in [0.3, 0.4) is 0 Å². The van der Waals surface area contributed by atoms with Crippen LogP contribution in [0.5, 0.6) is 0 Å². The van der Waals surface area contributed by atoms with Crippen molar-refractivity contribution in [2.24, 2.45) is 13.0 Å². The summed E-state index contributed by atoms with van der Waals surface area (Å²) in [6.07, 6.45) is 9.38. The molecule has 180 valence electrons. The Morgan fingerprint density at radius 3 is 2.60 bits per heavy atom. The number of amides is 1. The van der Waals surface area contributed by atoms with Crippen molar-refractivity contribution in [3.8, 4) is 5.69 Å². The fraction of sp³-hybridized carbons (Fsp3) is 0.296. The van der Waals surface area contributed by atoms with E-state index in [-0.39, 0.29) is 17.8 Å². The van der Waals surface area contributed by atoms with E-state index in [9.17, 15) is 9.18 Å². The quantitative estimate of drug-likeness (QED) is 0.423. The molecule has 0 radical (unpaired) electrons. The Labute approximate surface area is 203 Å². The minimum absolute atomic E-state index is 0.160. The second-order valence-corrected chi connectivity index (χ2v) is 9.39. The van der Waals surface area contributed by atoms with Gasteiger partial charge in [-0.05, 0) is 73.6 Å². The number of hydrogen-bond acceptors (Lipinski definition) is 3. The maximum atomic E-state index is 13.9. The van der Waals surface area contributed by atoms with Gasteiger partial charge < -0.3 is 19.0 Å². The molecule has 8 heteroatoms. The Hall–Kier alpha value is -3.94. The van der Waals surface area contributed by atoms with Crippen LogP contribution in [0.4, 0.5) is 4.39 Å². The highest BCUT2D eigenvalue weighted by molar-refractivity contribution is 5.95. The molecule has 0 saturated heterocycles. The Kier molecular flexibility index (Phi) is 5.88. The van der Waals surface area contributed by atoms with Gasteiger partial charge in [-0.25, -0.2) is 9.37 Å². The van der Waals surface area contributed by atoms with E-state index in [0.717, 1.165) is 35.5 Å². The number of nitrogens with one attached hydrogen (secondary N) is 2. The van der Waals surface area contributed by atoms with Crippen molar-refractivity contribution in [1.29, 1.82) is 5.41 Å². The van der Waals surface area contributed by atoms with E-state index < -0.39 is 0 Å². The zero-order valence-electron chi connectivity index (χ0n) is 20.1. The smallest absolute Gasteiger partial charge is 0.251 e. The lowest BCUT2D eigenvalue weighted by molar-refractivity contribution is 0.0931. The molecule has 5 rings (SSSR count).